The van der Waals surface area contributed by atoms with Crippen LogP contribution >= 0.6 is 0 Å². The molecule has 0 spiro atoms. The second kappa shape index (κ2) is 11.2. The maximum absolute atomic E-state index is 12.7. The summed E-state index contributed by atoms with van der Waals surface area (Å²) >= 11 is 0. The molecule has 2 saturated heterocycles. The molecule has 9 heteroatoms. The number of methoxy groups -OCH3 is 2. The van der Waals surface area contributed by atoms with Gasteiger partial charge in [-0.25, -0.2) is 0 Å². The smallest absolute Gasteiger partial charge is 0.223 e. The number of benzene rings is 1. The number of piperidine rings is 1. The summed E-state index contributed by atoms with van der Waals surface area (Å²) in [7, 11) is 3.25. The Hall–Kier alpha value is -3.07. The predicted molar refractivity (Wildman–Crippen MR) is 126 cm³/mol. The molecule has 2 aliphatic heterocycles. The number of carbonyl (C=O) groups excluding carboxylic acids is 1. The van der Waals surface area contributed by atoms with E-state index in [1.807, 2.05) is 30.3 Å². The molecular formula is C24H33N5O4. The van der Waals surface area contributed by atoms with Crippen LogP contribution in [0.25, 0.3) is 0 Å². The first-order chi connectivity index (χ1) is 16.2. The number of aromatic nitrogens is 2. The average Bonchev–Trinajstić information content (AvgIpc) is 2.89. The van der Waals surface area contributed by atoms with E-state index in [9.17, 15) is 4.79 Å². The maximum Gasteiger partial charge on any atom is 0.223 e. The molecular weight excluding hydrogens is 422 g/mol. The molecule has 1 aromatic carbocycles. The van der Waals surface area contributed by atoms with Crippen LogP contribution in [-0.2, 0) is 16.0 Å². The van der Waals surface area contributed by atoms with Gasteiger partial charge in [0.15, 0.2) is 23.1 Å². The van der Waals surface area contributed by atoms with Crippen molar-refractivity contribution in [3.63, 3.8) is 0 Å². The molecule has 0 saturated carbocycles. The van der Waals surface area contributed by atoms with E-state index < -0.39 is 0 Å². The largest absolute Gasteiger partial charge is 0.493 e. The fourth-order valence-electron chi connectivity index (χ4n) is 4.33. The number of amides is 1. The lowest BCUT2D eigenvalue weighted by Gasteiger charge is -2.32. The average molecular weight is 456 g/mol. The number of hydrogen-bond donors (Lipinski definition) is 1. The Bertz CT molecular complexity index is 910. The Morgan fingerprint density at radius 3 is 2.21 bits per heavy atom. The van der Waals surface area contributed by atoms with Gasteiger partial charge in [-0.3, -0.25) is 4.79 Å². The number of carbonyl (C=O) groups is 1. The summed E-state index contributed by atoms with van der Waals surface area (Å²) in [6.45, 7) is 5.36. The molecule has 1 aromatic heterocycles. The normalized spacial score (nSPS) is 17.0. The summed E-state index contributed by atoms with van der Waals surface area (Å²) in [5.41, 5.74) is 1.10. The Morgan fingerprint density at radius 2 is 1.61 bits per heavy atom. The quantitative estimate of drug-likeness (QED) is 0.646. The number of ether oxygens (including phenoxy) is 3. The molecule has 33 heavy (non-hydrogen) atoms. The van der Waals surface area contributed by atoms with Crippen LogP contribution in [0.1, 0.15) is 18.4 Å². The minimum Gasteiger partial charge on any atom is -0.493 e. The van der Waals surface area contributed by atoms with E-state index in [4.69, 9.17) is 14.2 Å². The predicted octanol–water partition coefficient (Wildman–Crippen LogP) is 1.91. The lowest BCUT2D eigenvalue weighted by atomic mass is 9.96. The van der Waals surface area contributed by atoms with Crippen molar-refractivity contribution in [2.24, 2.45) is 5.92 Å². The monoisotopic (exact) mass is 455 g/mol. The van der Waals surface area contributed by atoms with Gasteiger partial charge < -0.3 is 29.3 Å². The van der Waals surface area contributed by atoms with E-state index >= 15 is 0 Å². The van der Waals surface area contributed by atoms with Gasteiger partial charge in [0, 0.05) is 38.6 Å². The molecule has 2 aliphatic rings. The van der Waals surface area contributed by atoms with Crippen molar-refractivity contribution in [2.45, 2.75) is 19.3 Å². The van der Waals surface area contributed by atoms with Crippen molar-refractivity contribution in [3.8, 4) is 11.5 Å². The zero-order chi connectivity index (χ0) is 23.0. The van der Waals surface area contributed by atoms with Crippen molar-refractivity contribution >= 4 is 17.5 Å². The van der Waals surface area contributed by atoms with Gasteiger partial charge in [-0.2, -0.15) is 0 Å². The van der Waals surface area contributed by atoms with Gasteiger partial charge in [0.1, 0.15) is 0 Å². The Labute approximate surface area is 195 Å². The highest BCUT2D eigenvalue weighted by molar-refractivity contribution is 5.79. The summed E-state index contributed by atoms with van der Waals surface area (Å²) in [6, 6.07) is 9.90. The van der Waals surface area contributed by atoms with E-state index in [2.05, 4.69) is 25.3 Å². The van der Waals surface area contributed by atoms with Crippen LogP contribution in [0.3, 0.4) is 0 Å². The number of nitrogens with zero attached hydrogens (tertiary/aromatic N) is 4. The lowest BCUT2D eigenvalue weighted by Crippen LogP contribution is -2.41. The first kappa shape index (κ1) is 23.1. The highest BCUT2D eigenvalue weighted by atomic mass is 16.5. The van der Waals surface area contributed by atoms with Crippen molar-refractivity contribution in [1.29, 1.82) is 0 Å². The molecule has 0 radical (unpaired) electrons. The second-order valence-electron chi connectivity index (χ2n) is 8.34. The number of hydrogen-bond acceptors (Lipinski definition) is 8. The zero-order valence-corrected chi connectivity index (χ0v) is 19.5. The topological polar surface area (TPSA) is 89.1 Å². The van der Waals surface area contributed by atoms with Crippen molar-refractivity contribution in [1.82, 2.24) is 15.5 Å². The number of rotatable bonds is 8. The third kappa shape index (κ3) is 5.84. The highest BCUT2D eigenvalue weighted by Gasteiger charge is 2.26. The molecule has 0 unspecified atom stereocenters. The third-order valence-corrected chi connectivity index (χ3v) is 6.32. The van der Waals surface area contributed by atoms with Crippen LogP contribution in [0.2, 0.25) is 0 Å². The standard InChI is InChI=1S/C24H33N5O4/c1-31-20-4-3-18(17-21(20)32-2)7-10-25-24(30)19-8-11-28(12-9-19)22-5-6-23(27-26-22)29-13-15-33-16-14-29/h3-6,17,19H,7-16H2,1-2H3,(H,25,30). The van der Waals surface area contributed by atoms with Crippen molar-refractivity contribution < 1.29 is 19.0 Å². The van der Waals surface area contributed by atoms with Gasteiger partial charge in [0.25, 0.3) is 0 Å². The van der Waals surface area contributed by atoms with E-state index in [-0.39, 0.29) is 11.8 Å². The van der Waals surface area contributed by atoms with Crippen LogP contribution in [0.5, 0.6) is 11.5 Å². The fraction of sp³-hybridized carbons (Fsp3) is 0.542. The second-order valence-corrected chi connectivity index (χ2v) is 8.34. The maximum atomic E-state index is 12.7. The molecule has 2 fully saturated rings. The molecule has 1 amide bonds. The molecule has 0 bridgehead atoms. The molecule has 0 aliphatic carbocycles. The zero-order valence-electron chi connectivity index (χ0n) is 19.5. The Morgan fingerprint density at radius 1 is 0.970 bits per heavy atom. The molecule has 1 N–H and O–H groups in total. The third-order valence-electron chi connectivity index (χ3n) is 6.32. The van der Waals surface area contributed by atoms with E-state index in [1.54, 1.807) is 14.2 Å². The minimum absolute atomic E-state index is 0.0345. The number of anilines is 2. The van der Waals surface area contributed by atoms with E-state index in [1.165, 1.54) is 0 Å². The van der Waals surface area contributed by atoms with Crippen molar-refractivity contribution in [3.05, 3.63) is 35.9 Å². The van der Waals surface area contributed by atoms with Gasteiger partial charge in [-0.05, 0) is 49.1 Å². The van der Waals surface area contributed by atoms with Gasteiger partial charge in [-0.15, -0.1) is 10.2 Å². The van der Waals surface area contributed by atoms with Crippen LogP contribution < -0.4 is 24.6 Å². The summed E-state index contributed by atoms with van der Waals surface area (Å²) in [4.78, 5) is 17.1. The van der Waals surface area contributed by atoms with Crippen molar-refractivity contribution in [2.75, 3.05) is 70.0 Å². The van der Waals surface area contributed by atoms with E-state index in [0.29, 0.717) is 18.0 Å². The lowest BCUT2D eigenvalue weighted by molar-refractivity contribution is -0.125. The van der Waals surface area contributed by atoms with Crippen LogP contribution in [0.15, 0.2) is 30.3 Å². The first-order valence-electron chi connectivity index (χ1n) is 11.6. The summed E-state index contributed by atoms with van der Waals surface area (Å²) in [5.74, 6) is 3.34. The van der Waals surface area contributed by atoms with E-state index in [0.717, 1.165) is 75.9 Å². The SMILES string of the molecule is COc1ccc(CCNC(=O)C2CCN(c3ccc(N4CCOCC4)nn3)CC2)cc1OC. The molecule has 2 aromatic rings. The minimum atomic E-state index is 0.0345. The van der Waals surface area contributed by atoms with Gasteiger partial charge in [0.05, 0.1) is 27.4 Å². The summed E-state index contributed by atoms with van der Waals surface area (Å²) in [5, 5.41) is 11.9. The first-order valence-corrected chi connectivity index (χ1v) is 11.6. The summed E-state index contributed by atoms with van der Waals surface area (Å²) in [6.07, 6.45) is 2.38. The molecule has 9 nitrogen and oxygen atoms in total. The summed E-state index contributed by atoms with van der Waals surface area (Å²) < 4.78 is 16.0. The highest BCUT2D eigenvalue weighted by Crippen LogP contribution is 2.28. The number of morpholine rings is 1. The molecule has 178 valence electrons. The Balaban J connectivity index is 1.21. The Kier molecular flexibility index (Phi) is 7.83. The molecule has 3 heterocycles. The van der Waals surface area contributed by atoms with Crippen LogP contribution in [0.4, 0.5) is 11.6 Å². The van der Waals surface area contributed by atoms with Crippen LogP contribution in [-0.4, -0.2) is 76.3 Å². The molecule has 0 atom stereocenters. The fourth-order valence-corrected chi connectivity index (χ4v) is 4.33. The van der Waals surface area contributed by atoms with Crippen LogP contribution in [0, 0.1) is 5.92 Å². The van der Waals surface area contributed by atoms with Gasteiger partial charge in [0.2, 0.25) is 5.91 Å². The number of nitrogens with one attached hydrogen (secondary N) is 1. The van der Waals surface area contributed by atoms with Gasteiger partial charge in [-0.1, -0.05) is 6.07 Å². The molecule has 4 rings (SSSR count). The van der Waals surface area contributed by atoms with Gasteiger partial charge >= 0.3 is 0 Å².